The van der Waals surface area contributed by atoms with E-state index in [1.54, 1.807) is 0 Å². The van der Waals surface area contributed by atoms with Crippen LogP contribution in [-0.4, -0.2) is 60.1 Å². The Balaban J connectivity index is 1.46. The van der Waals surface area contributed by atoms with Gasteiger partial charge in [0, 0.05) is 30.7 Å². The molecule has 3 unspecified atom stereocenters. The minimum absolute atomic E-state index is 0.803. The SMILES string of the molecule is CCCNC1CC2CCCC(C1)N2C1CN2CCC1CC2. The first-order valence-corrected chi connectivity index (χ1v) is 9.58. The first kappa shape index (κ1) is 14.5. The summed E-state index contributed by atoms with van der Waals surface area (Å²) >= 11 is 0. The second kappa shape index (κ2) is 6.17. The van der Waals surface area contributed by atoms with Crippen LogP contribution in [0.3, 0.4) is 0 Å². The molecule has 0 amide bonds. The van der Waals surface area contributed by atoms with Crippen LogP contribution in [0.15, 0.2) is 0 Å². The number of piperidine rings is 5. The summed E-state index contributed by atoms with van der Waals surface area (Å²) in [4.78, 5) is 5.77. The van der Waals surface area contributed by atoms with Crippen LogP contribution in [0.2, 0.25) is 0 Å². The predicted molar refractivity (Wildman–Crippen MR) is 87.5 cm³/mol. The van der Waals surface area contributed by atoms with Crippen LogP contribution in [0, 0.1) is 5.92 Å². The van der Waals surface area contributed by atoms with Gasteiger partial charge in [-0.25, -0.2) is 0 Å². The molecule has 21 heavy (non-hydrogen) atoms. The van der Waals surface area contributed by atoms with E-state index in [4.69, 9.17) is 0 Å². The lowest BCUT2D eigenvalue weighted by atomic mass is 9.75. The summed E-state index contributed by atoms with van der Waals surface area (Å²) in [7, 11) is 0. The average molecular weight is 291 g/mol. The molecule has 0 aromatic rings. The number of nitrogens with zero attached hydrogens (tertiary/aromatic N) is 2. The monoisotopic (exact) mass is 291 g/mol. The van der Waals surface area contributed by atoms with E-state index in [9.17, 15) is 0 Å². The highest BCUT2D eigenvalue weighted by molar-refractivity contribution is 5.02. The maximum absolute atomic E-state index is 3.82. The summed E-state index contributed by atoms with van der Waals surface area (Å²) in [6, 6.07) is 3.47. The van der Waals surface area contributed by atoms with Crippen molar-refractivity contribution in [2.75, 3.05) is 26.2 Å². The maximum Gasteiger partial charge on any atom is 0.0258 e. The van der Waals surface area contributed by atoms with Gasteiger partial charge in [-0.1, -0.05) is 13.3 Å². The van der Waals surface area contributed by atoms with Crippen LogP contribution in [0.5, 0.6) is 0 Å². The number of hydrogen-bond acceptors (Lipinski definition) is 3. The van der Waals surface area contributed by atoms with Gasteiger partial charge in [-0.3, -0.25) is 4.90 Å². The van der Waals surface area contributed by atoms with E-state index in [-0.39, 0.29) is 0 Å². The molecule has 0 aliphatic carbocycles. The third kappa shape index (κ3) is 2.77. The smallest absolute Gasteiger partial charge is 0.0258 e. The number of rotatable bonds is 4. The Morgan fingerprint density at radius 3 is 2.29 bits per heavy atom. The molecular formula is C18H33N3. The molecule has 0 aromatic carbocycles. The van der Waals surface area contributed by atoms with Gasteiger partial charge in [0.15, 0.2) is 0 Å². The average Bonchev–Trinajstić information content (AvgIpc) is 2.53. The highest BCUT2D eigenvalue weighted by atomic mass is 15.3. The maximum atomic E-state index is 3.82. The summed E-state index contributed by atoms with van der Waals surface area (Å²) < 4.78 is 0. The molecule has 5 aliphatic rings. The van der Waals surface area contributed by atoms with Gasteiger partial charge in [0.1, 0.15) is 0 Å². The lowest BCUT2D eigenvalue weighted by Gasteiger charge is -2.58. The van der Waals surface area contributed by atoms with Crippen molar-refractivity contribution in [3.05, 3.63) is 0 Å². The molecule has 4 bridgehead atoms. The quantitative estimate of drug-likeness (QED) is 0.858. The Labute approximate surface area is 130 Å². The van der Waals surface area contributed by atoms with Crippen LogP contribution in [0.1, 0.15) is 58.3 Å². The van der Waals surface area contributed by atoms with Crippen LogP contribution < -0.4 is 5.32 Å². The number of hydrogen-bond donors (Lipinski definition) is 1. The molecule has 3 nitrogen and oxygen atoms in total. The molecule has 0 saturated carbocycles. The van der Waals surface area contributed by atoms with Crippen LogP contribution >= 0.6 is 0 Å². The van der Waals surface area contributed by atoms with Gasteiger partial charge in [0.2, 0.25) is 0 Å². The zero-order valence-electron chi connectivity index (χ0n) is 13.8. The van der Waals surface area contributed by atoms with E-state index in [2.05, 4.69) is 22.0 Å². The fourth-order valence-electron chi connectivity index (χ4n) is 5.75. The zero-order valence-corrected chi connectivity index (χ0v) is 13.8. The van der Waals surface area contributed by atoms with E-state index in [1.165, 1.54) is 77.5 Å². The van der Waals surface area contributed by atoms with Crippen LogP contribution in [0.4, 0.5) is 0 Å². The van der Waals surface area contributed by atoms with E-state index >= 15 is 0 Å². The lowest BCUT2D eigenvalue weighted by Crippen LogP contribution is -2.66. The van der Waals surface area contributed by atoms with E-state index < -0.39 is 0 Å². The van der Waals surface area contributed by atoms with Gasteiger partial charge >= 0.3 is 0 Å². The normalized spacial score (nSPS) is 46.7. The summed E-state index contributed by atoms with van der Waals surface area (Å²) in [5.74, 6) is 1.01. The van der Waals surface area contributed by atoms with Crippen molar-refractivity contribution in [1.82, 2.24) is 15.1 Å². The Morgan fingerprint density at radius 2 is 1.71 bits per heavy atom. The Kier molecular flexibility index (Phi) is 4.25. The van der Waals surface area contributed by atoms with Crippen molar-refractivity contribution in [2.24, 2.45) is 5.92 Å². The van der Waals surface area contributed by atoms with E-state index in [1.807, 2.05) is 0 Å². The first-order chi connectivity index (χ1) is 10.3. The summed E-state index contributed by atoms with van der Waals surface area (Å²) in [5, 5.41) is 3.82. The molecule has 5 heterocycles. The second-order valence-electron chi connectivity index (χ2n) is 8.01. The highest BCUT2D eigenvalue weighted by Crippen LogP contribution is 2.41. The van der Waals surface area contributed by atoms with Gasteiger partial charge in [-0.2, -0.15) is 0 Å². The Morgan fingerprint density at radius 1 is 1.00 bits per heavy atom. The second-order valence-corrected chi connectivity index (χ2v) is 8.01. The van der Waals surface area contributed by atoms with E-state index in [0.717, 1.165) is 30.1 Å². The van der Waals surface area contributed by atoms with Crippen LogP contribution in [-0.2, 0) is 0 Å². The van der Waals surface area contributed by atoms with Crippen LogP contribution in [0.25, 0.3) is 0 Å². The van der Waals surface area contributed by atoms with Crippen molar-refractivity contribution < 1.29 is 0 Å². The van der Waals surface area contributed by atoms with Gasteiger partial charge in [-0.05, 0) is 70.5 Å². The number of nitrogens with one attached hydrogen (secondary N) is 1. The molecule has 5 aliphatic heterocycles. The summed E-state index contributed by atoms with van der Waals surface area (Å²) in [6.07, 6.45) is 11.5. The molecular weight excluding hydrogens is 258 g/mol. The molecule has 120 valence electrons. The van der Waals surface area contributed by atoms with Crippen molar-refractivity contribution in [3.8, 4) is 0 Å². The third-order valence-corrected chi connectivity index (χ3v) is 6.72. The molecule has 5 fully saturated rings. The fraction of sp³-hybridized carbons (Fsp3) is 1.00. The van der Waals surface area contributed by atoms with Crippen molar-refractivity contribution in [1.29, 1.82) is 0 Å². The van der Waals surface area contributed by atoms with Gasteiger partial charge in [0.05, 0.1) is 0 Å². The largest absolute Gasteiger partial charge is 0.314 e. The molecule has 5 rings (SSSR count). The standard InChI is InChI=1S/C18H33N3/c1-2-8-19-15-11-16-4-3-5-17(12-15)21(16)18-13-20-9-6-14(18)7-10-20/h14-19H,2-13H2,1H3. The minimum atomic E-state index is 0.803. The lowest BCUT2D eigenvalue weighted by molar-refractivity contribution is -0.0768. The molecule has 0 spiro atoms. The van der Waals surface area contributed by atoms with Crippen molar-refractivity contribution in [2.45, 2.75) is 82.5 Å². The van der Waals surface area contributed by atoms with Crippen molar-refractivity contribution in [3.63, 3.8) is 0 Å². The molecule has 1 N–H and O–H groups in total. The fourth-order valence-corrected chi connectivity index (χ4v) is 5.75. The van der Waals surface area contributed by atoms with Crippen molar-refractivity contribution >= 4 is 0 Å². The highest BCUT2D eigenvalue weighted by Gasteiger charge is 2.46. The molecule has 0 aromatic heterocycles. The molecule has 5 saturated heterocycles. The summed E-state index contributed by atoms with van der Waals surface area (Å²) in [5.41, 5.74) is 0. The Hall–Kier alpha value is -0.120. The molecule has 0 radical (unpaired) electrons. The first-order valence-electron chi connectivity index (χ1n) is 9.58. The van der Waals surface area contributed by atoms with E-state index in [0.29, 0.717) is 0 Å². The van der Waals surface area contributed by atoms with Gasteiger partial charge in [-0.15, -0.1) is 0 Å². The Bertz CT molecular complexity index is 336. The van der Waals surface area contributed by atoms with Gasteiger partial charge in [0.25, 0.3) is 0 Å². The predicted octanol–water partition coefficient (Wildman–Crippen LogP) is 2.47. The topological polar surface area (TPSA) is 18.5 Å². The third-order valence-electron chi connectivity index (χ3n) is 6.72. The number of fused-ring (bicyclic) bond motifs is 6. The van der Waals surface area contributed by atoms with Gasteiger partial charge < -0.3 is 10.2 Å². The molecule has 3 heteroatoms. The zero-order chi connectivity index (χ0) is 14.2. The summed E-state index contributed by atoms with van der Waals surface area (Å²) in [6.45, 7) is 7.64. The molecule has 3 atom stereocenters. The minimum Gasteiger partial charge on any atom is -0.314 e.